The smallest absolute Gasteiger partial charge is 0.281 e. The minimum atomic E-state index is -0.179. The third-order valence-electron chi connectivity index (χ3n) is 4.28. The first kappa shape index (κ1) is 17.2. The predicted molar refractivity (Wildman–Crippen MR) is 105 cm³/mol. The standard InChI is InChI=1S/C20H20N2O2S/c1-4-14-6-5-7-16(10-14)22-19(24)17(21-20(22)25)11-15-8-12(2)18(23)13(3)9-15/h5-11,23H,4H2,1-3H3,(H,21,25)/b17-11-. The van der Waals surface area contributed by atoms with Crippen LogP contribution >= 0.6 is 12.2 Å². The Morgan fingerprint density at radius 1 is 1.20 bits per heavy atom. The van der Waals surface area contributed by atoms with Crippen molar-refractivity contribution in [3.05, 3.63) is 64.3 Å². The quantitative estimate of drug-likeness (QED) is 0.651. The van der Waals surface area contributed by atoms with E-state index in [9.17, 15) is 9.90 Å². The first-order valence-electron chi connectivity index (χ1n) is 8.17. The van der Waals surface area contributed by atoms with E-state index in [1.165, 1.54) is 4.90 Å². The van der Waals surface area contributed by atoms with Gasteiger partial charge < -0.3 is 10.4 Å². The van der Waals surface area contributed by atoms with Gasteiger partial charge in [0.25, 0.3) is 5.91 Å². The number of amides is 1. The van der Waals surface area contributed by atoms with Crippen molar-refractivity contribution in [1.29, 1.82) is 0 Å². The van der Waals surface area contributed by atoms with Gasteiger partial charge in [-0.3, -0.25) is 9.69 Å². The van der Waals surface area contributed by atoms with Crippen molar-refractivity contribution < 1.29 is 9.90 Å². The molecule has 0 saturated carbocycles. The van der Waals surface area contributed by atoms with Crippen LogP contribution in [0.1, 0.15) is 29.2 Å². The summed E-state index contributed by atoms with van der Waals surface area (Å²) in [5.74, 6) is 0.100. The third-order valence-corrected chi connectivity index (χ3v) is 4.56. The number of aromatic hydroxyl groups is 1. The minimum absolute atomic E-state index is 0.179. The molecule has 1 fully saturated rings. The van der Waals surface area contributed by atoms with E-state index in [4.69, 9.17) is 12.2 Å². The van der Waals surface area contributed by atoms with Crippen LogP contribution in [0.2, 0.25) is 0 Å². The molecule has 5 heteroatoms. The lowest BCUT2D eigenvalue weighted by molar-refractivity contribution is -0.113. The van der Waals surface area contributed by atoms with Crippen LogP contribution in [0.25, 0.3) is 6.08 Å². The van der Waals surface area contributed by atoms with Gasteiger partial charge in [0.15, 0.2) is 5.11 Å². The van der Waals surface area contributed by atoms with Crippen LogP contribution in [-0.4, -0.2) is 16.1 Å². The number of phenolic OH excluding ortho intramolecular Hbond substituents is 1. The Morgan fingerprint density at radius 3 is 2.52 bits per heavy atom. The lowest BCUT2D eigenvalue weighted by Crippen LogP contribution is -2.30. The number of rotatable bonds is 3. The summed E-state index contributed by atoms with van der Waals surface area (Å²) in [6.45, 7) is 5.74. The number of hydrogen-bond acceptors (Lipinski definition) is 3. The van der Waals surface area contributed by atoms with Crippen LogP contribution in [0.3, 0.4) is 0 Å². The Labute approximate surface area is 152 Å². The number of aryl methyl sites for hydroxylation is 3. The van der Waals surface area contributed by atoms with Crippen LogP contribution in [0.5, 0.6) is 5.75 Å². The molecule has 2 aromatic carbocycles. The molecule has 3 rings (SSSR count). The second kappa shape index (κ2) is 6.69. The molecule has 2 N–H and O–H groups in total. The van der Waals surface area contributed by atoms with Crippen molar-refractivity contribution in [2.24, 2.45) is 0 Å². The van der Waals surface area contributed by atoms with Gasteiger partial charge in [-0.05, 0) is 85.1 Å². The monoisotopic (exact) mass is 352 g/mol. The Balaban J connectivity index is 1.96. The minimum Gasteiger partial charge on any atom is -0.507 e. The fourth-order valence-corrected chi connectivity index (χ4v) is 3.22. The van der Waals surface area contributed by atoms with E-state index in [-0.39, 0.29) is 11.7 Å². The average Bonchev–Trinajstić information content (AvgIpc) is 2.86. The van der Waals surface area contributed by atoms with Crippen LogP contribution in [0, 0.1) is 13.8 Å². The third kappa shape index (κ3) is 3.28. The normalized spacial score (nSPS) is 15.8. The van der Waals surface area contributed by atoms with Gasteiger partial charge in [-0.2, -0.15) is 0 Å². The molecule has 1 saturated heterocycles. The molecular formula is C20H20N2O2S. The van der Waals surface area contributed by atoms with Crippen LogP contribution in [-0.2, 0) is 11.2 Å². The molecule has 0 unspecified atom stereocenters. The van der Waals surface area contributed by atoms with Crippen molar-refractivity contribution in [1.82, 2.24) is 5.32 Å². The van der Waals surface area contributed by atoms with E-state index >= 15 is 0 Å². The fourth-order valence-electron chi connectivity index (χ4n) is 2.92. The van der Waals surface area contributed by atoms with Crippen molar-refractivity contribution in [3.63, 3.8) is 0 Å². The Morgan fingerprint density at radius 2 is 1.88 bits per heavy atom. The Kier molecular flexibility index (Phi) is 4.59. The van der Waals surface area contributed by atoms with E-state index < -0.39 is 0 Å². The molecule has 0 aromatic heterocycles. The largest absolute Gasteiger partial charge is 0.507 e. The molecule has 0 spiro atoms. The maximum absolute atomic E-state index is 12.8. The summed E-state index contributed by atoms with van der Waals surface area (Å²) in [4.78, 5) is 14.3. The summed E-state index contributed by atoms with van der Waals surface area (Å²) in [5, 5.41) is 13.3. The number of carbonyl (C=O) groups excluding carboxylic acids is 1. The van der Waals surface area contributed by atoms with E-state index in [0.29, 0.717) is 10.8 Å². The summed E-state index contributed by atoms with van der Waals surface area (Å²) >= 11 is 5.36. The summed E-state index contributed by atoms with van der Waals surface area (Å²) < 4.78 is 0. The van der Waals surface area contributed by atoms with Gasteiger partial charge in [-0.15, -0.1) is 0 Å². The number of phenols is 1. The Bertz CT molecular complexity index is 879. The molecule has 1 aliphatic heterocycles. The van der Waals surface area contributed by atoms with Gasteiger partial charge in [0.2, 0.25) is 0 Å². The van der Waals surface area contributed by atoms with E-state index in [1.54, 1.807) is 6.08 Å². The van der Waals surface area contributed by atoms with Crippen molar-refractivity contribution in [3.8, 4) is 5.75 Å². The second-order valence-electron chi connectivity index (χ2n) is 6.16. The fraction of sp³-hybridized carbons (Fsp3) is 0.200. The number of carbonyl (C=O) groups is 1. The molecule has 25 heavy (non-hydrogen) atoms. The highest BCUT2D eigenvalue weighted by atomic mass is 32.1. The van der Waals surface area contributed by atoms with E-state index in [2.05, 4.69) is 12.2 Å². The van der Waals surface area contributed by atoms with Crippen molar-refractivity contribution in [2.75, 3.05) is 4.90 Å². The predicted octanol–water partition coefficient (Wildman–Crippen LogP) is 3.83. The Hall–Kier alpha value is -2.66. The van der Waals surface area contributed by atoms with Gasteiger partial charge >= 0.3 is 0 Å². The molecule has 0 bridgehead atoms. The molecule has 4 nitrogen and oxygen atoms in total. The molecule has 128 valence electrons. The van der Waals surface area contributed by atoms with Gasteiger partial charge in [0.05, 0.1) is 5.69 Å². The molecular weight excluding hydrogens is 332 g/mol. The van der Waals surface area contributed by atoms with E-state index in [1.807, 2.05) is 50.2 Å². The van der Waals surface area contributed by atoms with Gasteiger partial charge in [-0.25, -0.2) is 0 Å². The zero-order chi connectivity index (χ0) is 18.1. The molecule has 0 aliphatic carbocycles. The van der Waals surface area contributed by atoms with Gasteiger partial charge in [0, 0.05) is 0 Å². The van der Waals surface area contributed by atoms with Gasteiger partial charge in [0.1, 0.15) is 11.4 Å². The first-order chi connectivity index (χ1) is 11.9. The highest BCUT2D eigenvalue weighted by Gasteiger charge is 2.32. The summed E-state index contributed by atoms with van der Waals surface area (Å²) in [6, 6.07) is 11.5. The lowest BCUT2D eigenvalue weighted by Gasteiger charge is -2.14. The average molecular weight is 352 g/mol. The molecule has 2 aromatic rings. The SMILES string of the molecule is CCc1cccc(N2C(=O)/C(=C/c3cc(C)c(O)c(C)c3)NC2=S)c1. The zero-order valence-corrected chi connectivity index (χ0v) is 15.3. The summed E-state index contributed by atoms with van der Waals surface area (Å²) in [5.41, 5.74) is 4.73. The zero-order valence-electron chi connectivity index (χ0n) is 14.5. The number of benzene rings is 2. The molecule has 1 heterocycles. The number of thiocarbonyl (C=S) groups is 1. The maximum Gasteiger partial charge on any atom is 0.281 e. The second-order valence-corrected chi connectivity index (χ2v) is 6.54. The lowest BCUT2D eigenvalue weighted by atomic mass is 10.0. The number of hydrogen-bond donors (Lipinski definition) is 2. The summed E-state index contributed by atoms with van der Waals surface area (Å²) in [6.07, 6.45) is 2.66. The topological polar surface area (TPSA) is 52.6 Å². The number of anilines is 1. The number of nitrogens with zero attached hydrogens (tertiary/aromatic N) is 1. The van der Waals surface area contributed by atoms with Crippen LogP contribution in [0.15, 0.2) is 42.1 Å². The highest BCUT2D eigenvalue weighted by Crippen LogP contribution is 2.26. The molecule has 0 radical (unpaired) electrons. The highest BCUT2D eigenvalue weighted by molar-refractivity contribution is 7.80. The van der Waals surface area contributed by atoms with Crippen LogP contribution < -0.4 is 10.2 Å². The first-order valence-corrected chi connectivity index (χ1v) is 8.58. The van der Waals surface area contributed by atoms with Crippen molar-refractivity contribution in [2.45, 2.75) is 27.2 Å². The number of nitrogens with one attached hydrogen (secondary N) is 1. The van der Waals surface area contributed by atoms with E-state index in [0.717, 1.165) is 34.4 Å². The maximum atomic E-state index is 12.8. The molecule has 1 aliphatic rings. The molecule has 1 amide bonds. The van der Waals surface area contributed by atoms with Crippen LogP contribution in [0.4, 0.5) is 5.69 Å². The van der Waals surface area contributed by atoms with Crippen molar-refractivity contribution >= 4 is 35.0 Å². The van der Waals surface area contributed by atoms with Gasteiger partial charge in [-0.1, -0.05) is 19.1 Å². The summed E-state index contributed by atoms with van der Waals surface area (Å²) in [7, 11) is 0. The molecule has 0 atom stereocenters.